The molecule has 2 atom stereocenters. The van der Waals surface area contributed by atoms with Gasteiger partial charge in [-0.3, -0.25) is 14.9 Å². The minimum atomic E-state index is -1.15. The van der Waals surface area contributed by atoms with E-state index in [2.05, 4.69) is 5.32 Å². The number of benzene rings is 2. The Labute approximate surface area is 148 Å². The molecule has 0 bridgehead atoms. The van der Waals surface area contributed by atoms with Crippen molar-refractivity contribution in [3.05, 3.63) is 69.5 Å². The molecule has 0 fully saturated rings. The van der Waals surface area contributed by atoms with Gasteiger partial charge in [-0.2, -0.15) is 0 Å². The van der Waals surface area contributed by atoms with Gasteiger partial charge in [0.2, 0.25) is 0 Å². The predicted octanol–water partition coefficient (Wildman–Crippen LogP) is 2.74. The molecule has 1 aliphatic rings. The number of carbonyl (C=O) groups is 1. The summed E-state index contributed by atoms with van der Waals surface area (Å²) in [6.45, 7) is 3.30. The Morgan fingerprint density at radius 2 is 1.92 bits per heavy atom. The number of aliphatic hydroxyl groups is 1. The molecule has 2 aromatic rings. The summed E-state index contributed by atoms with van der Waals surface area (Å²) in [5.41, 5.74) is -0.694. The molecule has 2 unspecified atom stereocenters. The minimum Gasteiger partial charge on any atom is -0.485 e. The number of halogens is 1. The highest BCUT2D eigenvalue weighted by Crippen LogP contribution is 2.41. The van der Waals surface area contributed by atoms with E-state index in [0.29, 0.717) is 11.3 Å². The number of aliphatic hydroxyl groups excluding tert-OH is 1. The van der Waals surface area contributed by atoms with Crippen molar-refractivity contribution in [3.63, 3.8) is 0 Å². The molecular formula is C18H17FN2O5. The first-order valence-corrected chi connectivity index (χ1v) is 7.91. The lowest BCUT2D eigenvalue weighted by molar-refractivity contribution is -0.385. The second-order valence-electron chi connectivity index (χ2n) is 6.59. The van der Waals surface area contributed by atoms with E-state index in [1.165, 1.54) is 30.3 Å². The SMILES string of the molecule is CC1(C)Oc2ccc([N+](=O)[O-])cc2C(NC(=O)c2ccc(F)cc2)C1O. The zero-order valence-electron chi connectivity index (χ0n) is 14.1. The molecule has 3 rings (SSSR count). The lowest BCUT2D eigenvalue weighted by Gasteiger charge is -2.42. The number of hydrogen-bond donors (Lipinski definition) is 2. The fourth-order valence-electron chi connectivity index (χ4n) is 2.88. The second kappa shape index (κ2) is 6.38. The molecular weight excluding hydrogens is 343 g/mol. The summed E-state index contributed by atoms with van der Waals surface area (Å²) in [4.78, 5) is 23.0. The van der Waals surface area contributed by atoms with Crippen molar-refractivity contribution >= 4 is 11.6 Å². The molecule has 0 saturated heterocycles. The second-order valence-corrected chi connectivity index (χ2v) is 6.59. The number of ether oxygens (including phenoxy) is 1. The number of fused-ring (bicyclic) bond motifs is 1. The zero-order chi connectivity index (χ0) is 19.1. The molecule has 0 radical (unpaired) electrons. The Morgan fingerprint density at radius 3 is 2.54 bits per heavy atom. The lowest BCUT2D eigenvalue weighted by Crippen LogP contribution is -2.53. The molecule has 1 amide bonds. The van der Waals surface area contributed by atoms with Crippen molar-refractivity contribution in [3.8, 4) is 5.75 Å². The Kier molecular flexibility index (Phi) is 4.37. The van der Waals surface area contributed by atoms with Crippen molar-refractivity contribution < 1.29 is 24.0 Å². The van der Waals surface area contributed by atoms with E-state index in [4.69, 9.17) is 4.74 Å². The van der Waals surface area contributed by atoms with Crippen LogP contribution in [0.5, 0.6) is 5.75 Å². The quantitative estimate of drug-likeness (QED) is 0.647. The fraction of sp³-hybridized carbons (Fsp3) is 0.278. The van der Waals surface area contributed by atoms with E-state index in [-0.39, 0.29) is 11.3 Å². The van der Waals surface area contributed by atoms with Crippen LogP contribution in [0.4, 0.5) is 10.1 Å². The van der Waals surface area contributed by atoms with Gasteiger partial charge in [-0.15, -0.1) is 0 Å². The largest absolute Gasteiger partial charge is 0.485 e. The summed E-state index contributed by atoms with van der Waals surface area (Å²) >= 11 is 0. The monoisotopic (exact) mass is 360 g/mol. The van der Waals surface area contributed by atoms with E-state index in [1.807, 2.05) is 0 Å². The van der Waals surface area contributed by atoms with Crippen molar-refractivity contribution in [2.75, 3.05) is 0 Å². The summed E-state index contributed by atoms with van der Waals surface area (Å²) in [6.07, 6.45) is -1.15. The van der Waals surface area contributed by atoms with Crippen LogP contribution in [-0.4, -0.2) is 27.6 Å². The van der Waals surface area contributed by atoms with Gasteiger partial charge in [0.05, 0.1) is 11.0 Å². The predicted molar refractivity (Wildman–Crippen MR) is 90.4 cm³/mol. The number of amides is 1. The van der Waals surface area contributed by atoms with Crippen LogP contribution in [0.15, 0.2) is 42.5 Å². The summed E-state index contributed by atoms with van der Waals surface area (Å²) in [7, 11) is 0. The van der Waals surface area contributed by atoms with Crippen LogP contribution < -0.4 is 10.1 Å². The highest BCUT2D eigenvalue weighted by molar-refractivity contribution is 5.94. The maximum absolute atomic E-state index is 13.0. The Bertz CT molecular complexity index is 866. The Morgan fingerprint density at radius 1 is 1.27 bits per heavy atom. The minimum absolute atomic E-state index is 0.180. The first-order chi connectivity index (χ1) is 12.2. The molecule has 1 heterocycles. The molecule has 2 N–H and O–H groups in total. The topological polar surface area (TPSA) is 102 Å². The van der Waals surface area contributed by atoms with Gasteiger partial charge in [-0.25, -0.2) is 4.39 Å². The van der Waals surface area contributed by atoms with Gasteiger partial charge in [0, 0.05) is 23.3 Å². The number of rotatable bonds is 3. The van der Waals surface area contributed by atoms with Gasteiger partial charge in [0.25, 0.3) is 11.6 Å². The average molecular weight is 360 g/mol. The maximum Gasteiger partial charge on any atom is 0.270 e. The number of hydrogen-bond acceptors (Lipinski definition) is 5. The van der Waals surface area contributed by atoms with E-state index in [0.717, 1.165) is 12.1 Å². The molecule has 1 aliphatic heterocycles. The third kappa shape index (κ3) is 3.23. The van der Waals surface area contributed by atoms with Gasteiger partial charge in [-0.05, 0) is 44.2 Å². The highest BCUT2D eigenvalue weighted by atomic mass is 19.1. The van der Waals surface area contributed by atoms with Crippen LogP contribution in [0.2, 0.25) is 0 Å². The van der Waals surface area contributed by atoms with E-state index in [1.54, 1.807) is 13.8 Å². The molecule has 8 heteroatoms. The lowest BCUT2D eigenvalue weighted by atomic mass is 9.86. The summed E-state index contributed by atoms with van der Waals surface area (Å²) in [5.74, 6) is -0.672. The average Bonchev–Trinajstić information content (AvgIpc) is 2.58. The standard InChI is InChI=1S/C18H17FN2O5/c1-18(2)16(22)15(20-17(23)10-3-5-11(19)6-4-10)13-9-12(21(24)25)7-8-14(13)26-18/h3-9,15-16,22H,1-2H3,(H,20,23). The van der Waals surface area contributed by atoms with E-state index >= 15 is 0 Å². The molecule has 136 valence electrons. The number of carbonyl (C=O) groups excluding carboxylic acids is 1. The Hall–Kier alpha value is -3.00. The molecule has 0 aromatic heterocycles. The molecule has 0 aliphatic carbocycles. The maximum atomic E-state index is 13.0. The van der Waals surface area contributed by atoms with Gasteiger partial charge in [0.15, 0.2) is 0 Å². The molecule has 26 heavy (non-hydrogen) atoms. The van der Waals surface area contributed by atoms with Gasteiger partial charge >= 0.3 is 0 Å². The number of nitrogens with zero attached hydrogens (tertiary/aromatic N) is 1. The van der Waals surface area contributed by atoms with E-state index < -0.39 is 34.4 Å². The van der Waals surface area contributed by atoms with E-state index in [9.17, 15) is 24.4 Å². The van der Waals surface area contributed by atoms with Gasteiger partial charge < -0.3 is 15.2 Å². The molecule has 7 nitrogen and oxygen atoms in total. The summed E-state index contributed by atoms with van der Waals surface area (Å²) < 4.78 is 18.8. The number of nitro benzene ring substituents is 1. The molecule has 2 aromatic carbocycles. The third-order valence-corrected chi connectivity index (χ3v) is 4.33. The first kappa shape index (κ1) is 17.8. The van der Waals surface area contributed by atoms with Crippen LogP contribution in [0.1, 0.15) is 35.8 Å². The first-order valence-electron chi connectivity index (χ1n) is 7.91. The number of non-ortho nitro benzene ring substituents is 1. The van der Waals surface area contributed by atoms with Crippen molar-refractivity contribution in [1.29, 1.82) is 0 Å². The highest BCUT2D eigenvalue weighted by Gasteiger charge is 2.44. The third-order valence-electron chi connectivity index (χ3n) is 4.33. The van der Waals surface area contributed by atoms with Gasteiger partial charge in [0.1, 0.15) is 23.3 Å². The zero-order valence-corrected chi connectivity index (χ0v) is 14.1. The molecule has 0 spiro atoms. The van der Waals surface area contributed by atoms with Crippen LogP contribution in [0.3, 0.4) is 0 Å². The van der Waals surface area contributed by atoms with Crippen molar-refractivity contribution in [1.82, 2.24) is 5.32 Å². The Balaban J connectivity index is 1.99. The normalized spacial score (nSPS) is 20.6. The van der Waals surface area contributed by atoms with Crippen LogP contribution in [0.25, 0.3) is 0 Å². The van der Waals surface area contributed by atoms with Crippen LogP contribution in [0, 0.1) is 15.9 Å². The van der Waals surface area contributed by atoms with Crippen molar-refractivity contribution in [2.24, 2.45) is 0 Å². The molecule has 0 saturated carbocycles. The van der Waals surface area contributed by atoms with Crippen LogP contribution in [-0.2, 0) is 0 Å². The van der Waals surface area contributed by atoms with Crippen molar-refractivity contribution in [2.45, 2.75) is 31.6 Å². The summed E-state index contributed by atoms with van der Waals surface area (Å²) in [5, 5.41) is 24.4. The smallest absolute Gasteiger partial charge is 0.270 e. The number of nitro groups is 1. The number of nitrogens with one attached hydrogen (secondary N) is 1. The van der Waals surface area contributed by atoms with Crippen LogP contribution >= 0.6 is 0 Å². The van der Waals surface area contributed by atoms with Gasteiger partial charge in [-0.1, -0.05) is 0 Å². The summed E-state index contributed by atoms with van der Waals surface area (Å²) in [6, 6.07) is 8.01. The fourth-order valence-corrected chi connectivity index (χ4v) is 2.88.